The molecule has 0 saturated heterocycles. The highest BCUT2D eigenvalue weighted by molar-refractivity contribution is 9.10. The Morgan fingerprint density at radius 3 is 2.67 bits per heavy atom. The third-order valence-corrected chi connectivity index (χ3v) is 3.98. The minimum Gasteiger partial charge on any atom is -0.319 e. The fourth-order valence-electron chi connectivity index (χ4n) is 2.24. The van der Waals surface area contributed by atoms with Gasteiger partial charge in [-0.15, -0.1) is 0 Å². The number of benzene rings is 2. The van der Waals surface area contributed by atoms with E-state index in [1.54, 1.807) is 23.2 Å². The Labute approximate surface area is 130 Å². The molecule has 106 valence electrons. The average molecular weight is 346 g/mol. The smallest absolute Gasteiger partial charge is 0.125 e. The van der Waals surface area contributed by atoms with Crippen molar-refractivity contribution in [2.24, 2.45) is 5.73 Å². The van der Waals surface area contributed by atoms with Gasteiger partial charge in [0.2, 0.25) is 0 Å². The van der Waals surface area contributed by atoms with Gasteiger partial charge in [0.15, 0.2) is 0 Å². The molecule has 3 rings (SSSR count). The van der Waals surface area contributed by atoms with E-state index in [1.807, 2.05) is 30.3 Å². The van der Waals surface area contributed by atoms with Crippen molar-refractivity contribution >= 4 is 15.9 Å². The van der Waals surface area contributed by atoms with Crippen molar-refractivity contribution in [1.82, 2.24) is 9.55 Å². The van der Waals surface area contributed by atoms with E-state index in [2.05, 4.69) is 20.9 Å². The molecule has 2 N–H and O–H groups in total. The standard InChI is InChI=1S/C16H13BrFN3/c17-13-7-6-12(18)8-14(13)21-10-20-9-15(21)16(19)11-4-2-1-3-5-11/h1-10,16H,19H2. The lowest BCUT2D eigenvalue weighted by atomic mass is 10.1. The summed E-state index contributed by atoms with van der Waals surface area (Å²) in [5, 5.41) is 0. The number of aromatic nitrogens is 2. The van der Waals surface area contributed by atoms with Gasteiger partial charge in [-0.05, 0) is 39.7 Å². The van der Waals surface area contributed by atoms with Crippen LogP contribution in [0, 0.1) is 5.82 Å². The second-order valence-electron chi connectivity index (χ2n) is 4.67. The highest BCUT2D eigenvalue weighted by atomic mass is 79.9. The van der Waals surface area contributed by atoms with E-state index in [4.69, 9.17) is 5.73 Å². The molecule has 1 atom stereocenters. The van der Waals surface area contributed by atoms with E-state index in [0.717, 1.165) is 15.7 Å². The zero-order valence-corrected chi connectivity index (χ0v) is 12.7. The molecule has 1 aromatic heterocycles. The molecule has 3 aromatic rings. The van der Waals surface area contributed by atoms with E-state index in [0.29, 0.717) is 5.69 Å². The van der Waals surface area contributed by atoms with Gasteiger partial charge >= 0.3 is 0 Å². The van der Waals surface area contributed by atoms with Gasteiger partial charge < -0.3 is 10.3 Å². The van der Waals surface area contributed by atoms with E-state index in [-0.39, 0.29) is 11.9 Å². The summed E-state index contributed by atoms with van der Waals surface area (Å²) in [6, 6.07) is 13.9. The molecule has 0 bridgehead atoms. The van der Waals surface area contributed by atoms with E-state index in [1.165, 1.54) is 12.1 Å². The van der Waals surface area contributed by atoms with E-state index >= 15 is 0 Å². The molecule has 5 heteroatoms. The maximum Gasteiger partial charge on any atom is 0.125 e. The molecule has 1 unspecified atom stereocenters. The third-order valence-electron chi connectivity index (χ3n) is 3.31. The summed E-state index contributed by atoms with van der Waals surface area (Å²) in [6.45, 7) is 0. The summed E-state index contributed by atoms with van der Waals surface area (Å²) in [4.78, 5) is 4.16. The van der Waals surface area contributed by atoms with Gasteiger partial charge in [-0.2, -0.15) is 0 Å². The summed E-state index contributed by atoms with van der Waals surface area (Å²) in [5.41, 5.74) is 8.77. The molecule has 3 nitrogen and oxygen atoms in total. The van der Waals surface area contributed by atoms with Crippen LogP contribution in [-0.4, -0.2) is 9.55 Å². The number of nitrogens with two attached hydrogens (primary N) is 1. The summed E-state index contributed by atoms with van der Waals surface area (Å²) < 4.78 is 16.1. The molecule has 0 aliphatic heterocycles. The molecule has 0 aliphatic rings. The Morgan fingerprint density at radius 1 is 1.14 bits per heavy atom. The monoisotopic (exact) mass is 345 g/mol. The van der Waals surface area contributed by atoms with Gasteiger partial charge in [0.1, 0.15) is 5.82 Å². The first-order chi connectivity index (χ1) is 10.2. The zero-order valence-electron chi connectivity index (χ0n) is 11.1. The molecule has 0 radical (unpaired) electrons. The Hall–Kier alpha value is -1.98. The Kier molecular flexibility index (Phi) is 3.86. The molecule has 0 amide bonds. The second kappa shape index (κ2) is 5.79. The maximum absolute atomic E-state index is 13.5. The first kappa shape index (κ1) is 14.0. The van der Waals surface area contributed by atoms with Gasteiger partial charge in [0.05, 0.1) is 29.9 Å². The fraction of sp³-hybridized carbons (Fsp3) is 0.0625. The van der Waals surface area contributed by atoms with Crippen molar-refractivity contribution in [3.8, 4) is 5.69 Å². The van der Waals surface area contributed by atoms with Gasteiger partial charge in [0, 0.05) is 4.47 Å². The Bertz CT molecular complexity index is 755. The average Bonchev–Trinajstić information content (AvgIpc) is 2.99. The molecular formula is C16H13BrFN3. The Morgan fingerprint density at radius 2 is 1.90 bits per heavy atom. The summed E-state index contributed by atoms with van der Waals surface area (Å²) in [6.07, 6.45) is 3.34. The number of hydrogen-bond acceptors (Lipinski definition) is 2. The van der Waals surface area contributed by atoms with Crippen molar-refractivity contribution in [1.29, 1.82) is 0 Å². The quantitative estimate of drug-likeness (QED) is 0.784. The SMILES string of the molecule is NC(c1ccccc1)c1cncn1-c1cc(F)ccc1Br. The molecule has 0 fully saturated rings. The highest BCUT2D eigenvalue weighted by Crippen LogP contribution is 2.27. The van der Waals surface area contributed by atoms with Crippen LogP contribution in [0.1, 0.15) is 17.3 Å². The van der Waals surface area contributed by atoms with E-state index < -0.39 is 0 Å². The predicted molar refractivity (Wildman–Crippen MR) is 83.7 cm³/mol. The van der Waals surface area contributed by atoms with Crippen LogP contribution in [0.2, 0.25) is 0 Å². The summed E-state index contributed by atoms with van der Waals surface area (Å²) in [5.74, 6) is -0.305. The van der Waals surface area contributed by atoms with Crippen LogP contribution >= 0.6 is 15.9 Å². The van der Waals surface area contributed by atoms with Crippen molar-refractivity contribution in [3.05, 3.63) is 82.6 Å². The topological polar surface area (TPSA) is 43.8 Å². The van der Waals surface area contributed by atoms with Crippen molar-refractivity contribution in [2.45, 2.75) is 6.04 Å². The van der Waals surface area contributed by atoms with Crippen LogP contribution in [0.25, 0.3) is 5.69 Å². The lowest BCUT2D eigenvalue weighted by Crippen LogP contribution is -2.16. The molecule has 1 heterocycles. The highest BCUT2D eigenvalue weighted by Gasteiger charge is 2.16. The van der Waals surface area contributed by atoms with Crippen LogP contribution in [0.4, 0.5) is 4.39 Å². The molecule has 2 aromatic carbocycles. The van der Waals surface area contributed by atoms with Gasteiger partial charge in [-0.25, -0.2) is 9.37 Å². The summed E-state index contributed by atoms with van der Waals surface area (Å²) >= 11 is 3.44. The van der Waals surface area contributed by atoms with Gasteiger partial charge in [-0.1, -0.05) is 30.3 Å². The second-order valence-corrected chi connectivity index (χ2v) is 5.53. The number of nitrogens with zero attached hydrogens (tertiary/aromatic N) is 2. The minimum atomic E-state index is -0.330. The molecule has 21 heavy (non-hydrogen) atoms. The fourth-order valence-corrected chi connectivity index (χ4v) is 2.68. The lowest BCUT2D eigenvalue weighted by Gasteiger charge is -2.16. The van der Waals surface area contributed by atoms with Crippen molar-refractivity contribution < 1.29 is 4.39 Å². The third kappa shape index (κ3) is 2.75. The first-order valence-electron chi connectivity index (χ1n) is 6.45. The predicted octanol–water partition coefficient (Wildman–Crippen LogP) is 3.82. The molecular weight excluding hydrogens is 333 g/mol. The largest absolute Gasteiger partial charge is 0.319 e. The number of rotatable bonds is 3. The van der Waals surface area contributed by atoms with E-state index in [9.17, 15) is 4.39 Å². The maximum atomic E-state index is 13.5. The number of imidazole rings is 1. The number of hydrogen-bond donors (Lipinski definition) is 1. The summed E-state index contributed by atoms with van der Waals surface area (Å²) in [7, 11) is 0. The number of halogens is 2. The van der Waals surface area contributed by atoms with Crippen molar-refractivity contribution in [3.63, 3.8) is 0 Å². The first-order valence-corrected chi connectivity index (χ1v) is 7.24. The van der Waals surface area contributed by atoms with Crippen molar-refractivity contribution in [2.75, 3.05) is 0 Å². The molecule has 0 spiro atoms. The Balaban J connectivity index is 2.07. The van der Waals surface area contributed by atoms with Crippen LogP contribution < -0.4 is 5.73 Å². The normalized spacial score (nSPS) is 12.3. The lowest BCUT2D eigenvalue weighted by molar-refractivity contribution is 0.625. The molecule has 0 saturated carbocycles. The van der Waals surface area contributed by atoms with Crippen LogP contribution in [0.5, 0.6) is 0 Å². The van der Waals surface area contributed by atoms with Crippen LogP contribution in [0.3, 0.4) is 0 Å². The zero-order chi connectivity index (χ0) is 14.8. The van der Waals surface area contributed by atoms with Gasteiger partial charge in [0.25, 0.3) is 0 Å². The molecule has 0 aliphatic carbocycles. The van der Waals surface area contributed by atoms with Crippen LogP contribution in [0.15, 0.2) is 65.5 Å². The minimum absolute atomic E-state index is 0.305. The van der Waals surface area contributed by atoms with Crippen LogP contribution in [-0.2, 0) is 0 Å². The van der Waals surface area contributed by atoms with Gasteiger partial charge in [-0.3, -0.25) is 0 Å².